The van der Waals surface area contributed by atoms with Crippen LogP contribution >= 0.6 is 0 Å². The normalized spacial score (nSPS) is 21.2. The molecule has 0 N–H and O–H groups in total. The van der Waals surface area contributed by atoms with E-state index in [2.05, 4.69) is 162 Å². The van der Waals surface area contributed by atoms with Gasteiger partial charge >= 0.3 is 0 Å². The maximum atomic E-state index is 2.52. The molecule has 0 aliphatic heterocycles. The average Bonchev–Trinajstić information content (AvgIpc) is 3.32. The maximum absolute atomic E-state index is 2.52. The number of rotatable bonds is 3. The van der Waals surface area contributed by atoms with Gasteiger partial charge in [0.2, 0.25) is 0 Å². The number of hydrogen-bond acceptors (Lipinski definition) is 0. The lowest BCUT2D eigenvalue weighted by atomic mass is 9.65. The lowest BCUT2D eigenvalue weighted by Gasteiger charge is -2.39. The summed E-state index contributed by atoms with van der Waals surface area (Å²) in [6.07, 6.45) is 21.4. The summed E-state index contributed by atoms with van der Waals surface area (Å²) >= 11 is 0. The zero-order valence-corrected chi connectivity index (χ0v) is 28.2. The van der Waals surface area contributed by atoms with Gasteiger partial charge in [-0.15, -0.1) is 0 Å². The predicted octanol–water partition coefficient (Wildman–Crippen LogP) is 12.6. The molecule has 0 amide bonds. The highest BCUT2D eigenvalue weighted by Gasteiger charge is 2.38. The van der Waals surface area contributed by atoms with Crippen LogP contribution in [0.4, 0.5) is 0 Å². The molecule has 0 bridgehead atoms. The molecule has 4 aromatic carbocycles. The highest BCUT2D eigenvalue weighted by Crippen LogP contribution is 2.54. The second-order valence-electron chi connectivity index (χ2n) is 15.7. The van der Waals surface area contributed by atoms with Gasteiger partial charge in [0.25, 0.3) is 0 Å². The molecule has 4 aromatic rings. The van der Waals surface area contributed by atoms with Crippen LogP contribution in [-0.2, 0) is 5.41 Å². The Morgan fingerprint density at radius 2 is 1.32 bits per heavy atom. The average molecular weight is 607 g/mol. The van der Waals surface area contributed by atoms with Gasteiger partial charge in [0, 0.05) is 17.3 Å². The first kappa shape index (κ1) is 28.5. The predicted molar refractivity (Wildman–Crippen MR) is 201 cm³/mol. The van der Waals surface area contributed by atoms with Crippen LogP contribution in [0, 0.1) is 11.3 Å². The third kappa shape index (κ3) is 4.41. The zero-order valence-electron chi connectivity index (χ0n) is 28.2. The fourth-order valence-electron chi connectivity index (χ4n) is 8.83. The van der Waals surface area contributed by atoms with Gasteiger partial charge in [-0.05, 0) is 114 Å². The van der Waals surface area contributed by atoms with E-state index in [9.17, 15) is 0 Å². The van der Waals surface area contributed by atoms with Crippen molar-refractivity contribution in [2.45, 2.75) is 58.8 Å². The van der Waals surface area contributed by atoms with Crippen LogP contribution in [0.5, 0.6) is 0 Å². The topological polar surface area (TPSA) is 0 Å². The zero-order chi connectivity index (χ0) is 32.1. The summed E-state index contributed by atoms with van der Waals surface area (Å²) in [5.74, 6) is 0.820. The molecule has 2 unspecified atom stereocenters. The van der Waals surface area contributed by atoms with Crippen molar-refractivity contribution < 1.29 is 0 Å². The summed E-state index contributed by atoms with van der Waals surface area (Å²) in [6, 6.07) is 30.0. The maximum Gasteiger partial charge on any atom is 0.0199 e. The smallest absolute Gasteiger partial charge is 0.0199 e. The molecule has 230 valence electrons. The Balaban J connectivity index is 1.08. The van der Waals surface area contributed by atoms with Crippen molar-refractivity contribution in [1.29, 1.82) is 0 Å². The summed E-state index contributed by atoms with van der Waals surface area (Å²) < 4.78 is 0. The third-order valence-electron chi connectivity index (χ3n) is 11.5. The molecule has 5 aliphatic rings. The number of fused-ring (bicyclic) bond motifs is 3. The van der Waals surface area contributed by atoms with Gasteiger partial charge < -0.3 is 0 Å². The van der Waals surface area contributed by atoms with E-state index in [0.717, 1.165) is 12.8 Å². The highest BCUT2D eigenvalue weighted by molar-refractivity contribution is 5.90. The van der Waals surface area contributed by atoms with Gasteiger partial charge in [-0.1, -0.05) is 150 Å². The quantitative estimate of drug-likeness (QED) is 0.218. The molecule has 0 spiro atoms. The number of hydrogen-bond donors (Lipinski definition) is 0. The first-order chi connectivity index (χ1) is 22.7. The molecular formula is C47H42. The second-order valence-corrected chi connectivity index (χ2v) is 15.7. The molecule has 2 atom stereocenters. The number of allylic oxidation sites excluding steroid dienone is 10. The van der Waals surface area contributed by atoms with Crippen LogP contribution in [0.3, 0.4) is 0 Å². The summed E-state index contributed by atoms with van der Waals surface area (Å²) in [6.45, 7) is 11.8. The summed E-state index contributed by atoms with van der Waals surface area (Å²) in [7, 11) is 0. The van der Waals surface area contributed by atoms with Gasteiger partial charge in [-0.2, -0.15) is 0 Å². The molecule has 0 saturated carbocycles. The molecule has 0 heterocycles. The Kier molecular flexibility index (Phi) is 6.17. The summed E-state index contributed by atoms with van der Waals surface area (Å²) in [5.41, 5.74) is 21.1. The Morgan fingerprint density at radius 3 is 2.02 bits per heavy atom. The first-order valence-electron chi connectivity index (χ1n) is 17.4. The van der Waals surface area contributed by atoms with E-state index >= 15 is 0 Å². The van der Waals surface area contributed by atoms with Crippen molar-refractivity contribution >= 4 is 23.3 Å². The Morgan fingerprint density at radius 1 is 0.660 bits per heavy atom. The first-order valence-corrected chi connectivity index (χ1v) is 17.4. The molecule has 0 aromatic heterocycles. The monoisotopic (exact) mass is 606 g/mol. The molecule has 47 heavy (non-hydrogen) atoms. The highest BCUT2D eigenvalue weighted by atomic mass is 14.4. The SMILES string of the molecule is CC(C)(C)C1=CC2C=Cc3ccc(-c4ccc5c(c4)C(C)(C)c4cc(C6=CC=C(c7ccccc7)CC6)ccc4-5)c4c3C2C(=C1)C=C4. The standard InChI is InChI=1S/C47H42/c1-46(2,3)37-25-35-16-15-32-17-21-38(41-24-20-36(26-37)44(35)45(32)41)34-19-23-40-39-22-18-33(27-42(39)47(4,5)43(40)28-34)31-13-11-30(12-14-31)29-9-7-6-8-10-29/h6-11,13,15-28,35,44H,12,14H2,1-5H3. The Bertz CT molecular complexity index is 2180. The van der Waals surface area contributed by atoms with Crippen molar-refractivity contribution in [3.8, 4) is 22.3 Å². The van der Waals surface area contributed by atoms with Gasteiger partial charge in [0.05, 0.1) is 0 Å². The van der Waals surface area contributed by atoms with Crippen LogP contribution in [0.1, 0.15) is 92.3 Å². The van der Waals surface area contributed by atoms with E-state index in [-0.39, 0.29) is 10.8 Å². The third-order valence-corrected chi connectivity index (χ3v) is 11.5. The van der Waals surface area contributed by atoms with E-state index in [1.165, 1.54) is 83.5 Å². The van der Waals surface area contributed by atoms with E-state index < -0.39 is 0 Å². The van der Waals surface area contributed by atoms with Crippen molar-refractivity contribution in [2.75, 3.05) is 0 Å². The number of benzene rings is 4. The van der Waals surface area contributed by atoms with E-state index in [0.29, 0.717) is 11.8 Å². The fourth-order valence-corrected chi connectivity index (χ4v) is 8.83. The lowest BCUT2D eigenvalue weighted by Crippen LogP contribution is -2.24. The molecule has 0 fully saturated rings. The fraction of sp³-hybridized carbons (Fsp3) is 0.234. The van der Waals surface area contributed by atoms with E-state index in [4.69, 9.17) is 0 Å². The molecule has 0 radical (unpaired) electrons. The van der Waals surface area contributed by atoms with Gasteiger partial charge in [-0.3, -0.25) is 0 Å². The Labute approximate surface area is 280 Å². The lowest BCUT2D eigenvalue weighted by molar-refractivity contribution is 0.499. The van der Waals surface area contributed by atoms with Crippen molar-refractivity contribution in [3.05, 3.63) is 165 Å². The van der Waals surface area contributed by atoms with Crippen molar-refractivity contribution in [2.24, 2.45) is 11.3 Å². The van der Waals surface area contributed by atoms with E-state index in [1.807, 2.05) is 0 Å². The molecule has 0 nitrogen and oxygen atoms in total. The molecular weight excluding hydrogens is 565 g/mol. The van der Waals surface area contributed by atoms with Crippen molar-refractivity contribution in [3.63, 3.8) is 0 Å². The second kappa shape index (κ2) is 10.2. The minimum atomic E-state index is -0.0699. The van der Waals surface area contributed by atoms with Crippen LogP contribution in [0.25, 0.3) is 45.6 Å². The minimum absolute atomic E-state index is 0.0699. The minimum Gasteiger partial charge on any atom is -0.0760 e. The van der Waals surface area contributed by atoms with E-state index in [1.54, 1.807) is 0 Å². The van der Waals surface area contributed by atoms with Gasteiger partial charge in [0.15, 0.2) is 0 Å². The Hall–Kier alpha value is -4.68. The van der Waals surface area contributed by atoms with Crippen molar-refractivity contribution in [1.82, 2.24) is 0 Å². The van der Waals surface area contributed by atoms with Gasteiger partial charge in [0.1, 0.15) is 0 Å². The summed E-state index contributed by atoms with van der Waals surface area (Å²) in [4.78, 5) is 0. The molecule has 9 rings (SSSR count). The van der Waals surface area contributed by atoms with Crippen LogP contribution in [0.15, 0.2) is 126 Å². The summed E-state index contributed by atoms with van der Waals surface area (Å²) in [5, 5.41) is 0. The van der Waals surface area contributed by atoms with Crippen LogP contribution in [-0.4, -0.2) is 0 Å². The van der Waals surface area contributed by atoms with Crippen LogP contribution < -0.4 is 0 Å². The van der Waals surface area contributed by atoms with Crippen LogP contribution in [0.2, 0.25) is 0 Å². The van der Waals surface area contributed by atoms with Gasteiger partial charge in [-0.25, -0.2) is 0 Å². The molecule has 0 saturated heterocycles. The largest absolute Gasteiger partial charge is 0.0760 e. The molecule has 5 aliphatic carbocycles. The molecule has 0 heteroatoms.